The molecule has 4 heteroatoms. The second-order valence-corrected chi connectivity index (χ2v) is 5.07. The summed E-state index contributed by atoms with van der Waals surface area (Å²) in [6.07, 6.45) is 0. The topological polar surface area (TPSA) is 47.1 Å². The maximum absolute atomic E-state index is 6.08. The molecule has 0 fully saturated rings. The highest BCUT2D eigenvalue weighted by atomic mass is 15.4. The highest BCUT2D eigenvalue weighted by Gasteiger charge is 2.27. The van der Waals surface area contributed by atoms with Crippen molar-refractivity contribution in [2.45, 2.75) is 39.4 Å². The van der Waals surface area contributed by atoms with Crippen LogP contribution in [0.4, 0.5) is 5.82 Å². The second kappa shape index (κ2) is 2.73. The molecular weight excluding hydrogens is 176 g/mol. The number of nitrogen functional groups attached to an aromatic ring is 1. The Bertz CT molecular complexity index is 359. The Balaban J connectivity index is 2.45. The van der Waals surface area contributed by atoms with Crippen molar-refractivity contribution >= 4 is 5.82 Å². The number of anilines is 1. The third-order valence-corrected chi connectivity index (χ3v) is 2.59. The summed E-state index contributed by atoms with van der Waals surface area (Å²) in [7, 11) is 2.09. The van der Waals surface area contributed by atoms with Gasteiger partial charge in [0.2, 0.25) is 0 Å². The molecule has 0 radical (unpaired) electrons. The van der Waals surface area contributed by atoms with Crippen LogP contribution in [0.3, 0.4) is 0 Å². The molecule has 0 aliphatic carbocycles. The minimum absolute atomic E-state index is 0.0208. The molecule has 2 heterocycles. The Morgan fingerprint density at radius 3 is 2.43 bits per heavy atom. The van der Waals surface area contributed by atoms with Crippen LogP contribution in [0.5, 0.6) is 0 Å². The molecule has 0 atom stereocenters. The molecule has 2 N–H and O–H groups in total. The van der Waals surface area contributed by atoms with Crippen molar-refractivity contribution in [2.24, 2.45) is 0 Å². The van der Waals surface area contributed by atoms with Gasteiger partial charge in [0.05, 0.1) is 11.2 Å². The lowest BCUT2D eigenvalue weighted by Gasteiger charge is -2.21. The van der Waals surface area contributed by atoms with Gasteiger partial charge in [0.15, 0.2) is 0 Å². The van der Waals surface area contributed by atoms with Crippen LogP contribution in [-0.2, 0) is 18.6 Å². The first-order valence-corrected chi connectivity index (χ1v) is 4.95. The van der Waals surface area contributed by atoms with Gasteiger partial charge >= 0.3 is 0 Å². The highest BCUT2D eigenvalue weighted by Crippen LogP contribution is 2.29. The van der Waals surface area contributed by atoms with E-state index in [1.165, 1.54) is 5.56 Å². The molecule has 0 saturated heterocycles. The fraction of sp³-hybridized carbons (Fsp3) is 0.700. The zero-order valence-electron chi connectivity index (χ0n) is 9.33. The average molecular weight is 194 g/mol. The minimum Gasteiger partial charge on any atom is -0.384 e. The van der Waals surface area contributed by atoms with Gasteiger partial charge in [-0.25, -0.2) is 4.68 Å². The molecule has 1 aromatic heterocycles. The van der Waals surface area contributed by atoms with Gasteiger partial charge in [0, 0.05) is 18.7 Å². The fourth-order valence-corrected chi connectivity index (χ4v) is 1.90. The normalized spacial score (nSPS) is 17.4. The van der Waals surface area contributed by atoms with E-state index in [0.29, 0.717) is 0 Å². The van der Waals surface area contributed by atoms with E-state index in [1.54, 1.807) is 0 Å². The minimum atomic E-state index is -0.0208. The molecule has 4 nitrogen and oxygen atoms in total. The first-order chi connectivity index (χ1) is 6.39. The van der Waals surface area contributed by atoms with Crippen molar-refractivity contribution < 1.29 is 0 Å². The van der Waals surface area contributed by atoms with Crippen LogP contribution in [-0.4, -0.2) is 21.7 Å². The monoisotopic (exact) mass is 194 g/mol. The summed E-state index contributed by atoms with van der Waals surface area (Å²) in [6.45, 7) is 8.21. The van der Waals surface area contributed by atoms with Crippen molar-refractivity contribution in [1.29, 1.82) is 0 Å². The van der Waals surface area contributed by atoms with Gasteiger partial charge in [-0.1, -0.05) is 0 Å². The first kappa shape index (κ1) is 9.52. The number of nitrogens with zero attached hydrogens (tertiary/aromatic N) is 3. The highest BCUT2D eigenvalue weighted by molar-refractivity contribution is 5.46. The summed E-state index contributed by atoms with van der Waals surface area (Å²) in [5.41, 5.74) is 8.41. The van der Waals surface area contributed by atoms with E-state index in [-0.39, 0.29) is 5.54 Å². The van der Waals surface area contributed by atoms with Crippen molar-refractivity contribution in [3.8, 4) is 0 Å². The van der Waals surface area contributed by atoms with Crippen LogP contribution in [0.25, 0.3) is 0 Å². The van der Waals surface area contributed by atoms with Crippen LogP contribution < -0.4 is 5.73 Å². The van der Waals surface area contributed by atoms with E-state index < -0.39 is 0 Å². The molecule has 0 bridgehead atoms. The summed E-state index contributed by atoms with van der Waals surface area (Å²) in [5, 5.41) is 4.56. The van der Waals surface area contributed by atoms with Crippen LogP contribution in [0, 0.1) is 0 Å². The zero-order valence-corrected chi connectivity index (χ0v) is 9.33. The van der Waals surface area contributed by atoms with Gasteiger partial charge in [-0.15, -0.1) is 0 Å². The average Bonchev–Trinajstić information content (AvgIpc) is 2.49. The number of hydrogen-bond acceptors (Lipinski definition) is 3. The van der Waals surface area contributed by atoms with Crippen molar-refractivity contribution in [3.05, 3.63) is 11.3 Å². The quantitative estimate of drug-likeness (QED) is 0.674. The molecule has 14 heavy (non-hydrogen) atoms. The summed E-state index contributed by atoms with van der Waals surface area (Å²) >= 11 is 0. The van der Waals surface area contributed by atoms with Gasteiger partial charge in [0.25, 0.3) is 0 Å². The molecule has 0 unspecified atom stereocenters. The Morgan fingerprint density at radius 2 is 1.93 bits per heavy atom. The Morgan fingerprint density at radius 1 is 1.29 bits per heavy atom. The van der Waals surface area contributed by atoms with Gasteiger partial charge < -0.3 is 5.73 Å². The number of fused-ring (bicyclic) bond motifs is 1. The summed E-state index contributed by atoms with van der Waals surface area (Å²) in [5.74, 6) is 0.830. The summed E-state index contributed by atoms with van der Waals surface area (Å²) < 4.78 is 1.94. The molecular formula is C10H18N4. The van der Waals surface area contributed by atoms with E-state index in [4.69, 9.17) is 5.73 Å². The van der Waals surface area contributed by atoms with E-state index >= 15 is 0 Å². The Hall–Kier alpha value is -1.03. The molecule has 78 valence electrons. The lowest BCUT2D eigenvalue weighted by atomic mass is 10.1. The Kier molecular flexibility index (Phi) is 1.86. The summed E-state index contributed by atoms with van der Waals surface area (Å²) in [6, 6.07) is 0. The third-order valence-electron chi connectivity index (χ3n) is 2.59. The van der Waals surface area contributed by atoms with Gasteiger partial charge in [-0.3, -0.25) is 4.90 Å². The fourth-order valence-electron chi connectivity index (χ4n) is 1.90. The largest absolute Gasteiger partial charge is 0.384 e. The predicted molar refractivity (Wildman–Crippen MR) is 56.8 cm³/mol. The van der Waals surface area contributed by atoms with Gasteiger partial charge in [-0.2, -0.15) is 5.10 Å². The molecule has 1 aliphatic heterocycles. The van der Waals surface area contributed by atoms with Crippen LogP contribution in [0.2, 0.25) is 0 Å². The molecule has 0 spiro atoms. The lowest BCUT2D eigenvalue weighted by Crippen LogP contribution is -2.26. The zero-order chi connectivity index (χ0) is 10.5. The molecule has 2 rings (SSSR count). The smallest absolute Gasteiger partial charge is 0.127 e. The van der Waals surface area contributed by atoms with Gasteiger partial charge in [-0.05, 0) is 27.8 Å². The Labute approximate surface area is 84.7 Å². The number of hydrogen-bond donors (Lipinski definition) is 1. The standard InChI is InChI=1S/C10H18N4/c1-10(2,3)14-9(11)7-5-13(4)6-8(7)12-14/h5-6,11H2,1-4H3. The first-order valence-electron chi connectivity index (χ1n) is 4.95. The van der Waals surface area contributed by atoms with E-state index in [9.17, 15) is 0 Å². The maximum atomic E-state index is 6.08. The van der Waals surface area contributed by atoms with Crippen molar-refractivity contribution in [2.75, 3.05) is 12.8 Å². The molecule has 0 amide bonds. The lowest BCUT2D eigenvalue weighted by molar-refractivity contribution is 0.324. The SMILES string of the molecule is CN1Cc2nn(C(C)(C)C)c(N)c2C1. The number of nitrogens with two attached hydrogens (primary N) is 1. The maximum Gasteiger partial charge on any atom is 0.127 e. The third kappa shape index (κ3) is 1.30. The van der Waals surface area contributed by atoms with Crippen LogP contribution >= 0.6 is 0 Å². The van der Waals surface area contributed by atoms with E-state index in [2.05, 4.69) is 37.8 Å². The van der Waals surface area contributed by atoms with Crippen LogP contribution in [0.1, 0.15) is 32.0 Å². The van der Waals surface area contributed by atoms with Crippen molar-refractivity contribution in [1.82, 2.24) is 14.7 Å². The molecule has 0 aromatic carbocycles. The van der Waals surface area contributed by atoms with E-state index in [1.807, 2.05) is 4.68 Å². The summed E-state index contributed by atoms with van der Waals surface area (Å²) in [4.78, 5) is 2.22. The van der Waals surface area contributed by atoms with Crippen molar-refractivity contribution in [3.63, 3.8) is 0 Å². The molecule has 0 saturated carbocycles. The second-order valence-electron chi connectivity index (χ2n) is 5.07. The van der Waals surface area contributed by atoms with E-state index in [0.717, 1.165) is 24.6 Å². The number of aromatic nitrogens is 2. The molecule has 1 aromatic rings. The predicted octanol–water partition coefficient (Wildman–Crippen LogP) is 1.17. The van der Waals surface area contributed by atoms with Gasteiger partial charge in [0.1, 0.15) is 5.82 Å². The molecule has 1 aliphatic rings. The number of rotatable bonds is 0. The van der Waals surface area contributed by atoms with Crippen LogP contribution in [0.15, 0.2) is 0 Å².